The van der Waals surface area contributed by atoms with E-state index in [1.807, 2.05) is 31.2 Å². The monoisotopic (exact) mass is 449 g/mol. The number of oxime groups is 1. The summed E-state index contributed by atoms with van der Waals surface area (Å²) in [7, 11) is 1.67. The molecule has 0 radical (unpaired) electrons. The van der Waals surface area contributed by atoms with Crippen molar-refractivity contribution in [3.05, 3.63) is 107 Å². The van der Waals surface area contributed by atoms with Crippen molar-refractivity contribution in [3.8, 4) is 28.8 Å². The van der Waals surface area contributed by atoms with E-state index < -0.39 is 0 Å². The molecule has 5 nitrogen and oxygen atoms in total. The maximum absolute atomic E-state index is 8.95. The van der Waals surface area contributed by atoms with Gasteiger partial charge in [0.25, 0.3) is 0 Å². The molecule has 0 amide bonds. The highest BCUT2D eigenvalue weighted by Crippen LogP contribution is 2.31. The first kappa shape index (κ1) is 22.9. The molecule has 1 heterocycles. The molecule has 0 saturated heterocycles. The van der Waals surface area contributed by atoms with E-state index in [4.69, 9.17) is 14.8 Å². The van der Waals surface area contributed by atoms with Crippen LogP contribution in [0.4, 0.5) is 0 Å². The van der Waals surface area contributed by atoms with Gasteiger partial charge in [-0.15, -0.1) is 0 Å². The van der Waals surface area contributed by atoms with Gasteiger partial charge in [0.15, 0.2) is 0 Å². The van der Waals surface area contributed by atoms with Gasteiger partial charge in [-0.25, -0.2) is 0 Å². The van der Waals surface area contributed by atoms with Gasteiger partial charge in [0.2, 0.25) is 0 Å². The van der Waals surface area contributed by atoms with Gasteiger partial charge in [-0.3, -0.25) is 0 Å². The van der Waals surface area contributed by atoms with Crippen molar-refractivity contribution in [2.75, 3.05) is 7.11 Å². The minimum atomic E-state index is 0.339. The fourth-order valence-corrected chi connectivity index (χ4v) is 3.98. The van der Waals surface area contributed by atoms with Crippen LogP contribution in [0.3, 0.4) is 0 Å². The highest BCUT2D eigenvalue weighted by atomic mass is 16.6. The summed E-state index contributed by atoms with van der Waals surface area (Å²) >= 11 is 0. The largest absolute Gasteiger partial charge is 0.497 e. The van der Waals surface area contributed by atoms with Crippen LogP contribution in [0.2, 0.25) is 0 Å². The highest BCUT2D eigenvalue weighted by Gasteiger charge is 2.17. The van der Waals surface area contributed by atoms with E-state index in [9.17, 15) is 0 Å². The maximum Gasteiger partial charge on any atom is 0.142 e. The zero-order chi connectivity index (χ0) is 24.1. The number of hydrogen-bond acceptors (Lipinski definition) is 4. The molecule has 170 valence electrons. The molecule has 3 aromatic carbocycles. The number of rotatable bonds is 7. The van der Waals surface area contributed by atoms with Gasteiger partial charge in [0.05, 0.1) is 30.1 Å². The quantitative estimate of drug-likeness (QED) is 0.236. The SMILES string of the molecule is COc1ccc(-c2cc(/C(C)=N\OCc3ccc(C#N)cc3)c(C)n2-c2cccc(C)c2)cc1. The summed E-state index contributed by atoms with van der Waals surface area (Å²) in [6.45, 7) is 6.50. The van der Waals surface area contributed by atoms with Gasteiger partial charge in [0.1, 0.15) is 12.4 Å². The zero-order valence-electron chi connectivity index (χ0n) is 19.9. The molecule has 0 unspecified atom stereocenters. The Kier molecular flexibility index (Phi) is 6.79. The second-order valence-electron chi connectivity index (χ2n) is 8.19. The molecule has 0 bridgehead atoms. The fraction of sp³-hybridized carbons (Fsp3) is 0.172. The first-order chi connectivity index (χ1) is 16.5. The summed E-state index contributed by atoms with van der Waals surface area (Å²) in [5, 5.41) is 13.3. The summed E-state index contributed by atoms with van der Waals surface area (Å²) in [6.07, 6.45) is 0. The maximum atomic E-state index is 8.95. The fourth-order valence-electron chi connectivity index (χ4n) is 3.98. The smallest absolute Gasteiger partial charge is 0.142 e. The molecule has 0 N–H and O–H groups in total. The Bertz CT molecular complexity index is 1360. The minimum Gasteiger partial charge on any atom is -0.497 e. The molecule has 5 heteroatoms. The summed E-state index contributed by atoms with van der Waals surface area (Å²) in [5.74, 6) is 0.823. The molecular formula is C29H27N3O2. The molecule has 4 rings (SSSR count). The molecular weight excluding hydrogens is 422 g/mol. The van der Waals surface area contributed by atoms with Crippen molar-refractivity contribution in [2.45, 2.75) is 27.4 Å². The van der Waals surface area contributed by atoms with Crippen LogP contribution in [-0.2, 0) is 11.4 Å². The Labute approximate surface area is 200 Å². The lowest BCUT2D eigenvalue weighted by Gasteiger charge is -2.13. The second-order valence-corrected chi connectivity index (χ2v) is 8.19. The van der Waals surface area contributed by atoms with Crippen LogP contribution in [0.15, 0.2) is 84.0 Å². The van der Waals surface area contributed by atoms with Crippen molar-refractivity contribution in [1.29, 1.82) is 5.26 Å². The second kappa shape index (κ2) is 10.1. The predicted octanol–water partition coefficient (Wildman–Crippen LogP) is 6.58. The van der Waals surface area contributed by atoms with Crippen LogP contribution in [0.1, 0.15) is 34.9 Å². The number of nitriles is 1. The first-order valence-electron chi connectivity index (χ1n) is 11.1. The van der Waals surface area contributed by atoms with E-state index in [1.54, 1.807) is 19.2 Å². The van der Waals surface area contributed by atoms with Crippen molar-refractivity contribution in [3.63, 3.8) is 0 Å². The number of aromatic nitrogens is 1. The summed E-state index contributed by atoms with van der Waals surface area (Å²) in [5.41, 5.74) is 8.94. The Balaban J connectivity index is 1.69. The molecule has 0 fully saturated rings. The Morgan fingerprint density at radius 2 is 1.71 bits per heavy atom. The molecule has 34 heavy (non-hydrogen) atoms. The van der Waals surface area contributed by atoms with Gasteiger partial charge < -0.3 is 14.1 Å². The number of nitrogens with zero attached hydrogens (tertiary/aromatic N) is 3. The molecule has 4 aromatic rings. The topological polar surface area (TPSA) is 59.5 Å². The van der Waals surface area contributed by atoms with E-state index in [0.717, 1.165) is 45.2 Å². The number of methoxy groups -OCH3 is 1. The molecule has 0 spiro atoms. The van der Waals surface area contributed by atoms with Gasteiger partial charge in [-0.05, 0) is 92.1 Å². The van der Waals surface area contributed by atoms with E-state index in [1.165, 1.54) is 5.56 Å². The summed E-state index contributed by atoms with van der Waals surface area (Å²) in [4.78, 5) is 5.65. The average Bonchev–Trinajstić information content (AvgIpc) is 3.21. The van der Waals surface area contributed by atoms with Crippen molar-refractivity contribution in [1.82, 2.24) is 4.57 Å². The molecule has 0 aliphatic rings. The summed E-state index contributed by atoms with van der Waals surface area (Å²) in [6, 6.07) is 28.1. The van der Waals surface area contributed by atoms with E-state index in [2.05, 4.69) is 72.1 Å². The lowest BCUT2D eigenvalue weighted by molar-refractivity contribution is 0.130. The van der Waals surface area contributed by atoms with Crippen LogP contribution >= 0.6 is 0 Å². The van der Waals surface area contributed by atoms with Gasteiger partial charge in [-0.2, -0.15) is 5.26 Å². The molecule has 0 aliphatic carbocycles. The van der Waals surface area contributed by atoms with E-state index in [-0.39, 0.29) is 0 Å². The van der Waals surface area contributed by atoms with Crippen LogP contribution < -0.4 is 4.74 Å². The van der Waals surface area contributed by atoms with Crippen molar-refractivity contribution >= 4 is 5.71 Å². The number of ether oxygens (including phenoxy) is 1. The number of hydrogen-bond donors (Lipinski definition) is 0. The Morgan fingerprint density at radius 3 is 2.35 bits per heavy atom. The average molecular weight is 450 g/mol. The Morgan fingerprint density at radius 1 is 0.971 bits per heavy atom. The standard InChI is InChI=1S/C29H27N3O2/c1-20-6-5-7-26(16-20)32-22(3)28(17-29(32)25-12-14-27(33-4)15-13-25)21(2)31-34-19-24-10-8-23(18-30)9-11-24/h5-17H,19H2,1-4H3/b31-21-. The van der Waals surface area contributed by atoms with E-state index in [0.29, 0.717) is 12.2 Å². The van der Waals surface area contributed by atoms with Crippen LogP contribution in [0, 0.1) is 25.2 Å². The third-order valence-corrected chi connectivity index (χ3v) is 5.80. The van der Waals surface area contributed by atoms with Crippen molar-refractivity contribution in [2.24, 2.45) is 5.16 Å². The molecule has 1 aromatic heterocycles. The minimum absolute atomic E-state index is 0.339. The normalized spacial score (nSPS) is 11.2. The number of benzene rings is 3. The molecule has 0 aliphatic heterocycles. The zero-order valence-corrected chi connectivity index (χ0v) is 19.9. The van der Waals surface area contributed by atoms with Gasteiger partial charge in [0, 0.05) is 16.9 Å². The van der Waals surface area contributed by atoms with Crippen LogP contribution in [0.5, 0.6) is 5.75 Å². The lowest BCUT2D eigenvalue weighted by Crippen LogP contribution is -2.03. The van der Waals surface area contributed by atoms with Gasteiger partial charge in [-0.1, -0.05) is 29.4 Å². The third kappa shape index (κ3) is 4.87. The molecule has 0 saturated carbocycles. The highest BCUT2D eigenvalue weighted by molar-refractivity contribution is 6.01. The van der Waals surface area contributed by atoms with Crippen LogP contribution in [-0.4, -0.2) is 17.4 Å². The molecule has 0 atom stereocenters. The summed E-state index contributed by atoms with van der Waals surface area (Å²) < 4.78 is 7.59. The first-order valence-corrected chi connectivity index (χ1v) is 11.1. The predicted molar refractivity (Wildman–Crippen MR) is 135 cm³/mol. The third-order valence-electron chi connectivity index (χ3n) is 5.80. The van der Waals surface area contributed by atoms with Crippen LogP contribution in [0.25, 0.3) is 16.9 Å². The van der Waals surface area contributed by atoms with Crippen molar-refractivity contribution < 1.29 is 9.57 Å². The Hall–Kier alpha value is -4.30. The number of aryl methyl sites for hydroxylation is 1. The van der Waals surface area contributed by atoms with Gasteiger partial charge >= 0.3 is 0 Å². The lowest BCUT2D eigenvalue weighted by atomic mass is 10.1. The van der Waals surface area contributed by atoms with E-state index >= 15 is 0 Å².